The first-order valence-corrected chi connectivity index (χ1v) is 9.68. The van der Waals surface area contributed by atoms with Crippen LogP contribution in [0.1, 0.15) is 37.0 Å². The molecule has 7 nitrogen and oxygen atoms in total. The summed E-state index contributed by atoms with van der Waals surface area (Å²) in [6, 6.07) is 6.75. The number of amides is 2. The van der Waals surface area contributed by atoms with Crippen molar-refractivity contribution in [2.45, 2.75) is 39.9 Å². The normalized spacial score (nSPS) is 14.9. The van der Waals surface area contributed by atoms with Crippen molar-refractivity contribution >= 4 is 23.4 Å². The lowest BCUT2D eigenvalue weighted by Gasteiger charge is -2.29. The Kier molecular flexibility index (Phi) is 5.76. The Morgan fingerprint density at radius 2 is 2.07 bits per heavy atom. The molecule has 1 aliphatic rings. The van der Waals surface area contributed by atoms with E-state index in [0.29, 0.717) is 29.6 Å². The SMILES string of the molecule is CNC(=O)[C@@H](NC(=O)c1nc(-c2cccc(Cl)c2)n2c1CNCC2)C(C)(C)C. The summed E-state index contributed by atoms with van der Waals surface area (Å²) >= 11 is 6.14. The first-order valence-electron chi connectivity index (χ1n) is 9.31. The number of imidazole rings is 1. The van der Waals surface area contributed by atoms with Gasteiger partial charge in [0.2, 0.25) is 5.91 Å². The maximum Gasteiger partial charge on any atom is 0.272 e. The van der Waals surface area contributed by atoms with Gasteiger partial charge in [0.1, 0.15) is 11.9 Å². The number of aromatic nitrogens is 2. The molecule has 3 N–H and O–H groups in total. The zero-order chi connectivity index (χ0) is 20.5. The van der Waals surface area contributed by atoms with Crippen LogP contribution in [0.5, 0.6) is 0 Å². The van der Waals surface area contributed by atoms with Gasteiger partial charge in [0, 0.05) is 37.3 Å². The largest absolute Gasteiger partial charge is 0.357 e. The summed E-state index contributed by atoms with van der Waals surface area (Å²) in [5.41, 5.74) is 1.56. The fourth-order valence-electron chi connectivity index (χ4n) is 3.35. The van der Waals surface area contributed by atoms with Crippen molar-refractivity contribution in [1.29, 1.82) is 0 Å². The molecular formula is C20H26ClN5O2. The molecule has 1 aliphatic heterocycles. The Balaban J connectivity index is 2.00. The molecule has 2 heterocycles. The molecule has 8 heteroatoms. The molecule has 0 radical (unpaired) electrons. The number of nitrogens with zero attached hydrogens (tertiary/aromatic N) is 2. The maximum absolute atomic E-state index is 13.1. The van der Waals surface area contributed by atoms with Gasteiger partial charge in [-0.3, -0.25) is 9.59 Å². The van der Waals surface area contributed by atoms with E-state index >= 15 is 0 Å². The molecule has 1 aromatic heterocycles. The van der Waals surface area contributed by atoms with Crippen LogP contribution >= 0.6 is 11.6 Å². The lowest BCUT2D eigenvalue weighted by Crippen LogP contribution is -2.53. The van der Waals surface area contributed by atoms with Crippen LogP contribution in [-0.2, 0) is 17.9 Å². The molecule has 0 bridgehead atoms. The number of likely N-dealkylation sites (N-methyl/N-ethyl adjacent to an activating group) is 1. The first-order chi connectivity index (χ1) is 13.2. The summed E-state index contributed by atoms with van der Waals surface area (Å²) in [6.07, 6.45) is 0. The van der Waals surface area contributed by atoms with Gasteiger partial charge in [0.15, 0.2) is 5.69 Å². The van der Waals surface area contributed by atoms with Crippen LogP contribution in [0.4, 0.5) is 0 Å². The van der Waals surface area contributed by atoms with Gasteiger partial charge in [0.25, 0.3) is 5.91 Å². The standard InChI is InChI=1S/C20H26ClN5O2/c1-20(2,3)16(19(28)22-4)25-18(27)15-14-11-23-8-9-26(14)17(24-15)12-6-5-7-13(21)10-12/h5-7,10,16,23H,8-9,11H2,1-4H3,(H,22,28)(H,25,27)/t16-/m1/s1. The van der Waals surface area contributed by atoms with Gasteiger partial charge >= 0.3 is 0 Å². The Labute approximate surface area is 169 Å². The minimum atomic E-state index is -0.673. The van der Waals surface area contributed by atoms with E-state index in [1.807, 2.05) is 43.5 Å². The quantitative estimate of drug-likeness (QED) is 0.730. The highest BCUT2D eigenvalue weighted by molar-refractivity contribution is 6.30. The Morgan fingerprint density at radius 3 is 2.71 bits per heavy atom. The van der Waals surface area contributed by atoms with Crippen LogP contribution in [0.25, 0.3) is 11.4 Å². The van der Waals surface area contributed by atoms with Gasteiger partial charge in [-0.2, -0.15) is 0 Å². The highest BCUT2D eigenvalue weighted by Crippen LogP contribution is 2.27. The fourth-order valence-corrected chi connectivity index (χ4v) is 3.54. The lowest BCUT2D eigenvalue weighted by molar-refractivity contribution is -0.124. The van der Waals surface area contributed by atoms with Crippen LogP contribution in [0.3, 0.4) is 0 Å². The molecule has 0 fully saturated rings. The second kappa shape index (κ2) is 7.93. The summed E-state index contributed by atoms with van der Waals surface area (Å²) in [6.45, 7) is 7.77. The molecule has 2 amide bonds. The Morgan fingerprint density at radius 1 is 1.32 bits per heavy atom. The van der Waals surface area contributed by atoms with Crippen molar-refractivity contribution in [1.82, 2.24) is 25.5 Å². The summed E-state index contributed by atoms with van der Waals surface area (Å²) in [5, 5.41) is 9.39. The third kappa shape index (κ3) is 4.05. The molecule has 0 aliphatic carbocycles. The van der Waals surface area contributed by atoms with E-state index in [1.54, 1.807) is 13.1 Å². The van der Waals surface area contributed by atoms with E-state index in [0.717, 1.165) is 17.8 Å². The van der Waals surface area contributed by atoms with E-state index in [9.17, 15) is 9.59 Å². The monoisotopic (exact) mass is 403 g/mol. The molecule has 150 valence electrons. The van der Waals surface area contributed by atoms with Crippen molar-refractivity contribution in [3.05, 3.63) is 40.7 Å². The van der Waals surface area contributed by atoms with E-state index < -0.39 is 11.5 Å². The molecule has 0 unspecified atom stereocenters. The predicted molar refractivity (Wildman–Crippen MR) is 109 cm³/mol. The average molecular weight is 404 g/mol. The summed E-state index contributed by atoms with van der Waals surface area (Å²) < 4.78 is 2.04. The smallest absolute Gasteiger partial charge is 0.272 e. The van der Waals surface area contributed by atoms with Crippen molar-refractivity contribution in [3.8, 4) is 11.4 Å². The van der Waals surface area contributed by atoms with Gasteiger partial charge < -0.3 is 20.5 Å². The van der Waals surface area contributed by atoms with E-state index in [2.05, 4.69) is 20.9 Å². The van der Waals surface area contributed by atoms with E-state index in [-0.39, 0.29) is 11.8 Å². The van der Waals surface area contributed by atoms with Crippen molar-refractivity contribution < 1.29 is 9.59 Å². The molecule has 0 saturated heterocycles. The van der Waals surface area contributed by atoms with Crippen LogP contribution in [0.15, 0.2) is 24.3 Å². The van der Waals surface area contributed by atoms with Crippen molar-refractivity contribution in [2.24, 2.45) is 5.41 Å². The van der Waals surface area contributed by atoms with Crippen LogP contribution in [-0.4, -0.2) is 41.0 Å². The van der Waals surface area contributed by atoms with E-state index in [4.69, 9.17) is 11.6 Å². The summed E-state index contributed by atoms with van der Waals surface area (Å²) in [4.78, 5) is 30.0. The number of benzene rings is 1. The van der Waals surface area contributed by atoms with Crippen LogP contribution in [0, 0.1) is 5.41 Å². The predicted octanol–water partition coefficient (Wildman–Crippen LogP) is 2.20. The van der Waals surface area contributed by atoms with Crippen molar-refractivity contribution in [2.75, 3.05) is 13.6 Å². The highest BCUT2D eigenvalue weighted by Gasteiger charge is 2.34. The zero-order valence-corrected chi connectivity index (χ0v) is 17.4. The zero-order valence-electron chi connectivity index (χ0n) is 16.6. The third-order valence-corrected chi connectivity index (χ3v) is 5.06. The third-order valence-electron chi connectivity index (χ3n) is 4.83. The number of hydrogen-bond donors (Lipinski definition) is 3. The molecule has 3 rings (SSSR count). The van der Waals surface area contributed by atoms with Gasteiger partial charge in [-0.25, -0.2) is 4.98 Å². The number of rotatable bonds is 4. The number of halogens is 1. The molecule has 1 atom stereocenters. The summed E-state index contributed by atoms with van der Waals surface area (Å²) in [7, 11) is 1.56. The number of fused-ring (bicyclic) bond motifs is 1. The van der Waals surface area contributed by atoms with Gasteiger partial charge in [0.05, 0.1) is 5.69 Å². The summed E-state index contributed by atoms with van der Waals surface area (Å²) in [5.74, 6) is 0.114. The average Bonchev–Trinajstić information content (AvgIpc) is 3.04. The maximum atomic E-state index is 13.1. The number of carbonyl (C=O) groups is 2. The highest BCUT2D eigenvalue weighted by atomic mass is 35.5. The number of nitrogens with one attached hydrogen (secondary N) is 3. The van der Waals surface area contributed by atoms with E-state index in [1.165, 1.54) is 0 Å². The molecule has 28 heavy (non-hydrogen) atoms. The molecule has 2 aromatic rings. The van der Waals surface area contributed by atoms with Crippen LogP contribution < -0.4 is 16.0 Å². The molecule has 1 aromatic carbocycles. The Bertz CT molecular complexity index is 900. The topological polar surface area (TPSA) is 88.1 Å². The Hall–Kier alpha value is -2.38. The molecule has 0 saturated carbocycles. The van der Waals surface area contributed by atoms with Crippen LogP contribution in [0.2, 0.25) is 5.02 Å². The fraction of sp³-hybridized carbons (Fsp3) is 0.450. The first kappa shape index (κ1) is 20.4. The lowest BCUT2D eigenvalue weighted by atomic mass is 9.86. The minimum Gasteiger partial charge on any atom is -0.357 e. The van der Waals surface area contributed by atoms with Crippen molar-refractivity contribution in [3.63, 3.8) is 0 Å². The van der Waals surface area contributed by atoms with Gasteiger partial charge in [-0.15, -0.1) is 0 Å². The molecule has 0 spiro atoms. The second-order valence-corrected chi connectivity index (χ2v) is 8.39. The number of carbonyl (C=O) groups excluding carboxylic acids is 2. The molecular weight excluding hydrogens is 378 g/mol. The second-order valence-electron chi connectivity index (χ2n) is 7.96. The van der Waals surface area contributed by atoms with Gasteiger partial charge in [-0.05, 0) is 17.5 Å². The number of hydrogen-bond acceptors (Lipinski definition) is 4. The van der Waals surface area contributed by atoms with Gasteiger partial charge in [-0.1, -0.05) is 44.5 Å². The minimum absolute atomic E-state index is 0.234.